The zero-order valence-corrected chi connectivity index (χ0v) is 18.4. The molecule has 0 bridgehead atoms. The fourth-order valence-electron chi connectivity index (χ4n) is 3.40. The van der Waals surface area contributed by atoms with Gasteiger partial charge in [-0.3, -0.25) is 14.4 Å². The van der Waals surface area contributed by atoms with Gasteiger partial charge in [-0.05, 0) is 38.0 Å². The van der Waals surface area contributed by atoms with Crippen molar-refractivity contribution in [1.29, 1.82) is 0 Å². The molecular formula is C20H36N4O6. The third kappa shape index (κ3) is 6.94. The second-order valence-electron chi connectivity index (χ2n) is 8.72. The van der Waals surface area contributed by atoms with Crippen LogP contribution in [0, 0.1) is 11.8 Å². The van der Waals surface area contributed by atoms with Gasteiger partial charge in [-0.1, -0.05) is 27.7 Å². The minimum Gasteiger partial charge on any atom is -0.480 e. The Bertz CT molecular complexity index is 637. The van der Waals surface area contributed by atoms with Crippen molar-refractivity contribution in [3.63, 3.8) is 0 Å². The Morgan fingerprint density at radius 2 is 1.70 bits per heavy atom. The number of nitrogens with zero attached hydrogens (tertiary/aromatic N) is 1. The zero-order valence-electron chi connectivity index (χ0n) is 18.4. The number of carbonyl (C=O) groups is 4. The van der Waals surface area contributed by atoms with Crippen LogP contribution in [0.4, 0.5) is 0 Å². The van der Waals surface area contributed by atoms with Gasteiger partial charge < -0.3 is 31.5 Å². The summed E-state index contributed by atoms with van der Waals surface area (Å²) in [5, 5.41) is 23.8. The average molecular weight is 429 g/mol. The highest BCUT2D eigenvalue weighted by Crippen LogP contribution is 2.21. The molecule has 0 spiro atoms. The number of likely N-dealkylation sites (tertiary alicyclic amines) is 1. The van der Waals surface area contributed by atoms with E-state index < -0.39 is 54.0 Å². The first-order chi connectivity index (χ1) is 13.9. The molecule has 0 radical (unpaired) electrons. The Kier molecular flexibility index (Phi) is 9.70. The zero-order chi connectivity index (χ0) is 23.2. The van der Waals surface area contributed by atoms with Gasteiger partial charge in [0.25, 0.3) is 0 Å². The molecule has 30 heavy (non-hydrogen) atoms. The average Bonchev–Trinajstić information content (AvgIpc) is 3.12. The molecule has 5 atom stereocenters. The molecular weight excluding hydrogens is 392 g/mol. The lowest BCUT2D eigenvalue weighted by atomic mass is 10.00. The van der Waals surface area contributed by atoms with E-state index in [0.29, 0.717) is 25.8 Å². The summed E-state index contributed by atoms with van der Waals surface area (Å²) in [6.07, 6.45) is 0.0374. The largest absolute Gasteiger partial charge is 0.480 e. The molecule has 0 saturated carbocycles. The van der Waals surface area contributed by atoms with Crippen molar-refractivity contribution in [3.05, 3.63) is 0 Å². The van der Waals surface area contributed by atoms with Crippen LogP contribution in [0.1, 0.15) is 53.9 Å². The summed E-state index contributed by atoms with van der Waals surface area (Å²) >= 11 is 0. The van der Waals surface area contributed by atoms with Gasteiger partial charge in [0.2, 0.25) is 17.7 Å². The number of carboxylic acid groups (broad SMARTS) is 1. The molecule has 10 nitrogen and oxygen atoms in total. The highest BCUT2D eigenvalue weighted by Gasteiger charge is 2.39. The lowest BCUT2D eigenvalue weighted by Gasteiger charge is -2.31. The molecule has 1 saturated heterocycles. The minimum atomic E-state index is -1.47. The molecule has 0 aromatic rings. The lowest BCUT2D eigenvalue weighted by molar-refractivity contribution is -0.147. The van der Waals surface area contributed by atoms with E-state index in [0.717, 1.165) is 0 Å². The van der Waals surface area contributed by atoms with Crippen LogP contribution in [-0.4, -0.2) is 75.6 Å². The molecule has 6 N–H and O–H groups in total. The van der Waals surface area contributed by atoms with Crippen molar-refractivity contribution in [3.8, 4) is 0 Å². The molecule has 3 amide bonds. The molecule has 0 aromatic carbocycles. The molecule has 1 aliphatic heterocycles. The van der Waals surface area contributed by atoms with Crippen molar-refractivity contribution in [2.75, 3.05) is 6.54 Å². The fraction of sp³-hybridized carbons (Fsp3) is 0.800. The maximum atomic E-state index is 13.2. The maximum absolute atomic E-state index is 13.2. The summed E-state index contributed by atoms with van der Waals surface area (Å²) in [6, 6.07) is -3.91. The van der Waals surface area contributed by atoms with E-state index in [1.54, 1.807) is 0 Å². The summed E-state index contributed by atoms with van der Waals surface area (Å²) < 4.78 is 0. The van der Waals surface area contributed by atoms with E-state index in [4.69, 9.17) is 5.73 Å². The molecule has 0 aliphatic carbocycles. The first kappa shape index (κ1) is 25.8. The highest BCUT2D eigenvalue weighted by molar-refractivity contribution is 5.94. The van der Waals surface area contributed by atoms with Gasteiger partial charge in [-0.15, -0.1) is 0 Å². The summed E-state index contributed by atoms with van der Waals surface area (Å²) in [5.74, 6) is -2.81. The van der Waals surface area contributed by atoms with E-state index in [9.17, 15) is 29.4 Å². The number of nitrogens with two attached hydrogens (primary N) is 1. The summed E-state index contributed by atoms with van der Waals surface area (Å²) in [7, 11) is 0. The Labute approximate surface area is 177 Å². The van der Waals surface area contributed by atoms with E-state index in [1.165, 1.54) is 11.8 Å². The normalized spacial score (nSPS) is 20.6. The van der Waals surface area contributed by atoms with Crippen LogP contribution in [0.15, 0.2) is 0 Å². The molecule has 1 heterocycles. The van der Waals surface area contributed by atoms with Crippen molar-refractivity contribution in [1.82, 2.24) is 15.5 Å². The number of aliphatic hydroxyl groups excluding tert-OH is 1. The van der Waals surface area contributed by atoms with Crippen LogP contribution in [0.25, 0.3) is 0 Å². The van der Waals surface area contributed by atoms with Crippen molar-refractivity contribution in [2.45, 2.75) is 84.2 Å². The Balaban J connectivity index is 2.97. The van der Waals surface area contributed by atoms with E-state index in [1.807, 2.05) is 27.7 Å². The van der Waals surface area contributed by atoms with Crippen LogP contribution in [0.3, 0.4) is 0 Å². The number of rotatable bonds is 10. The first-order valence-corrected chi connectivity index (χ1v) is 10.4. The standard InChI is InChI=1S/C20H36N4O6/c1-10(2)9-13(22-18(27)15(21)11(3)4)19(28)24-8-6-7-14(24)17(26)23-16(12(5)25)20(29)30/h10-16,25H,6-9,21H2,1-5H3,(H,22,27)(H,23,26)(H,29,30). The van der Waals surface area contributed by atoms with Crippen molar-refractivity contribution < 1.29 is 29.4 Å². The minimum absolute atomic E-state index is 0.0986. The summed E-state index contributed by atoms with van der Waals surface area (Å²) in [4.78, 5) is 50.9. The number of hydrogen-bond donors (Lipinski definition) is 5. The molecule has 172 valence electrons. The van der Waals surface area contributed by atoms with E-state index in [2.05, 4.69) is 10.6 Å². The van der Waals surface area contributed by atoms with Gasteiger partial charge in [0.15, 0.2) is 6.04 Å². The van der Waals surface area contributed by atoms with E-state index >= 15 is 0 Å². The molecule has 1 aliphatic rings. The number of carbonyl (C=O) groups excluding carboxylic acids is 3. The SMILES string of the molecule is CC(C)CC(NC(=O)C(N)C(C)C)C(=O)N1CCCC1C(=O)NC(C(=O)O)C(C)O. The highest BCUT2D eigenvalue weighted by atomic mass is 16.4. The first-order valence-electron chi connectivity index (χ1n) is 10.4. The molecule has 5 unspecified atom stereocenters. The topological polar surface area (TPSA) is 162 Å². The van der Waals surface area contributed by atoms with Gasteiger partial charge in [0.05, 0.1) is 12.1 Å². The van der Waals surface area contributed by atoms with Crippen LogP contribution < -0.4 is 16.4 Å². The fourth-order valence-corrected chi connectivity index (χ4v) is 3.40. The second kappa shape index (κ2) is 11.3. The lowest BCUT2D eigenvalue weighted by Crippen LogP contribution is -2.58. The van der Waals surface area contributed by atoms with Gasteiger partial charge in [0, 0.05) is 6.54 Å². The van der Waals surface area contributed by atoms with Crippen LogP contribution in [-0.2, 0) is 19.2 Å². The number of amides is 3. The van der Waals surface area contributed by atoms with Crippen LogP contribution in [0.2, 0.25) is 0 Å². The molecule has 0 aromatic heterocycles. The third-order valence-electron chi connectivity index (χ3n) is 5.23. The predicted octanol–water partition coefficient (Wildman–Crippen LogP) is -0.558. The van der Waals surface area contributed by atoms with Gasteiger partial charge in [-0.2, -0.15) is 0 Å². The molecule has 1 rings (SSSR count). The number of carboxylic acids is 1. The molecule has 1 fully saturated rings. The second-order valence-corrected chi connectivity index (χ2v) is 8.72. The number of hydrogen-bond acceptors (Lipinski definition) is 6. The van der Waals surface area contributed by atoms with Crippen LogP contribution >= 0.6 is 0 Å². The smallest absolute Gasteiger partial charge is 0.328 e. The number of aliphatic hydroxyl groups is 1. The number of nitrogens with one attached hydrogen (secondary N) is 2. The predicted molar refractivity (Wildman–Crippen MR) is 110 cm³/mol. The monoisotopic (exact) mass is 428 g/mol. The van der Waals surface area contributed by atoms with Gasteiger partial charge >= 0.3 is 5.97 Å². The summed E-state index contributed by atoms with van der Waals surface area (Å²) in [5.41, 5.74) is 5.90. The number of aliphatic carboxylic acids is 1. The Morgan fingerprint density at radius 1 is 1.10 bits per heavy atom. The van der Waals surface area contributed by atoms with Gasteiger partial charge in [-0.25, -0.2) is 4.79 Å². The Morgan fingerprint density at radius 3 is 2.17 bits per heavy atom. The summed E-state index contributed by atoms with van der Waals surface area (Å²) in [6.45, 7) is 9.05. The molecule has 10 heteroatoms. The van der Waals surface area contributed by atoms with Crippen LogP contribution in [0.5, 0.6) is 0 Å². The van der Waals surface area contributed by atoms with Crippen molar-refractivity contribution in [2.24, 2.45) is 17.6 Å². The van der Waals surface area contributed by atoms with Crippen molar-refractivity contribution >= 4 is 23.7 Å². The maximum Gasteiger partial charge on any atom is 0.328 e. The quantitative estimate of drug-likeness (QED) is 0.311. The van der Waals surface area contributed by atoms with E-state index in [-0.39, 0.29) is 11.8 Å². The third-order valence-corrected chi connectivity index (χ3v) is 5.23. The Hall–Kier alpha value is -2.20. The van der Waals surface area contributed by atoms with Gasteiger partial charge in [0.1, 0.15) is 12.1 Å².